The third-order valence-electron chi connectivity index (χ3n) is 4.48. The SMILES string of the molecule is Cc1c(C(=O)Nc2ccc3c(c2)CCNC3)nnn1Cc1ccc(Cl)s1.Cl. The number of hydrogen-bond acceptors (Lipinski definition) is 5. The van der Waals surface area contributed by atoms with Crippen molar-refractivity contribution in [2.75, 3.05) is 11.9 Å². The molecule has 1 aliphatic heterocycles. The second-order valence-corrected chi connectivity index (χ2v) is 8.05. The third-order valence-corrected chi connectivity index (χ3v) is 5.70. The summed E-state index contributed by atoms with van der Waals surface area (Å²) in [6, 6.07) is 9.84. The highest BCUT2D eigenvalue weighted by Gasteiger charge is 2.18. The van der Waals surface area contributed by atoms with E-state index in [1.54, 1.807) is 4.68 Å². The number of aromatic nitrogens is 3. The summed E-state index contributed by atoms with van der Waals surface area (Å²) in [5, 5.41) is 14.5. The first-order valence-corrected chi connectivity index (χ1v) is 9.58. The molecule has 0 atom stereocenters. The summed E-state index contributed by atoms with van der Waals surface area (Å²) in [6.45, 7) is 4.24. The minimum Gasteiger partial charge on any atom is -0.321 e. The number of nitrogens with zero attached hydrogens (tertiary/aromatic N) is 3. The first-order chi connectivity index (χ1) is 12.6. The van der Waals surface area contributed by atoms with Crippen molar-refractivity contribution < 1.29 is 4.79 Å². The summed E-state index contributed by atoms with van der Waals surface area (Å²) < 4.78 is 2.45. The number of carbonyl (C=O) groups excluding carboxylic acids is 1. The topological polar surface area (TPSA) is 71.8 Å². The Morgan fingerprint density at radius 2 is 2.19 bits per heavy atom. The van der Waals surface area contributed by atoms with Gasteiger partial charge in [0.05, 0.1) is 16.6 Å². The molecule has 0 fully saturated rings. The highest BCUT2D eigenvalue weighted by molar-refractivity contribution is 7.16. The van der Waals surface area contributed by atoms with Crippen molar-refractivity contribution in [2.24, 2.45) is 0 Å². The average molecular weight is 424 g/mol. The van der Waals surface area contributed by atoms with E-state index in [2.05, 4.69) is 27.0 Å². The van der Waals surface area contributed by atoms with Gasteiger partial charge >= 0.3 is 0 Å². The van der Waals surface area contributed by atoms with Gasteiger partial charge in [-0.2, -0.15) is 0 Å². The first kappa shape index (κ1) is 19.8. The van der Waals surface area contributed by atoms with Crippen LogP contribution in [-0.2, 0) is 19.5 Å². The minimum atomic E-state index is -0.244. The molecule has 2 N–H and O–H groups in total. The Bertz CT molecular complexity index is 969. The van der Waals surface area contributed by atoms with Crippen LogP contribution in [0.3, 0.4) is 0 Å². The molecule has 27 heavy (non-hydrogen) atoms. The number of fused-ring (bicyclic) bond motifs is 1. The Morgan fingerprint density at radius 3 is 2.96 bits per heavy atom. The fraction of sp³-hybridized carbons (Fsp3) is 0.278. The van der Waals surface area contributed by atoms with Gasteiger partial charge in [-0.25, -0.2) is 4.68 Å². The van der Waals surface area contributed by atoms with Crippen molar-refractivity contribution in [2.45, 2.75) is 26.4 Å². The Labute approximate surface area is 172 Å². The van der Waals surface area contributed by atoms with E-state index in [1.807, 2.05) is 31.2 Å². The molecule has 0 bridgehead atoms. The van der Waals surface area contributed by atoms with E-state index in [4.69, 9.17) is 11.6 Å². The maximum atomic E-state index is 12.6. The highest BCUT2D eigenvalue weighted by Crippen LogP contribution is 2.23. The maximum Gasteiger partial charge on any atom is 0.278 e. The van der Waals surface area contributed by atoms with Gasteiger partial charge < -0.3 is 10.6 Å². The second kappa shape index (κ2) is 8.39. The molecule has 0 spiro atoms. The summed E-state index contributed by atoms with van der Waals surface area (Å²) in [5.74, 6) is -0.244. The Kier molecular flexibility index (Phi) is 6.16. The van der Waals surface area contributed by atoms with Crippen LogP contribution in [0.15, 0.2) is 30.3 Å². The lowest BCUT2D eigenvalue weighted by Crippen LogP contribution is -2.23. The van der Waals surface area contributed by atoms with Crippen molar-refractivity contribution in [3.05, 3.63) is 62.1 Å². The van der Waals surface area contributed by atoms with Crippen LogP contribution in [0.25, 0.3) is 0 Å². The van der Waals surface area contributed by atoms with E-state index in [9.17, 15) is 4.79 Å². The number of carbonyl (C=O) groups is 1. The lowest BCUT2D eigenvalue weighted by atomic mass is 10.0. The zero-order chi connectivity index (χ0) is 18.1. The largest absolute Gasteiger partial charge is 0.321 e. The Morgan fingerprint density at radius 1 is 1.33 bits per heavy atom. The molecular formula is C18H19Cl2N5OS. The summed E-state index contributed by atoms with van der Waals surface area (Å²) in [4.78, 5) is 13.7. The summed E-state index contributed by atoms with van der Waals surface area (Å²) in [5.41, 5.74) is 4.42. The number of thiophene rings is 1. The molecule has 0 radical (unpaired) electrons. The molecule has 0 saturated heterocycles. The van der Waals surface area contributed by atoms with Crippen molar-refractivity contribution >= 4 is 46.9 Å². The summed E-state index contributed by atoms with van der Waals surface area (Å²) in [6.07, 6.45) is 0.970. The van der Waals surface area contributed by atoms with Crippen molar-refractivity contribution in [3.8, 4) is 0 Å². The number of rotatable bonds is 4. The van der Waals surface area contributed by atoms with Gasteiger partial charge in [0.15, 0.2) is 5.69 Å². The Balaban J connectivity index is 0.00000210. The van der Waals surface area contributed by atoms with Crippen LogP contribution in [0.2, 0.25) is 4.34 Å². The van der Waals surface area contributed by atoms with Gasteiger partial charge in [0.2, 0.25) is 0 Å². The van der Waals surface area contributed by atoms with Crippen LogP contribution in [0.4, 0.5) is 5.69 Å². The molecule has 3 heterocycles. The van der Waals surface area contributed by atoms with Gasteiger partial charge in [-0.1, -0.05) is 22.9 Å². The molecule has 0 unspecified atom stereocenters. The summed E-state index contributed by atoms with van der Waals surface area (Å²) in [7, 11) is 0. The number of halogens is 2. The van der Waals surface area contributed by atoms with Gasteiger partial charge in [-0.3, -0.25) is 4.79 Å². The van der Waals surface area contributed by atoms with E-state index >= 15 is 0 Å². The standard InChI is InChI=1S/C18H18ClN5OS.ClH/c1-11-17(22-23-24(11)10-15-4-5-16(19)26-15)18(25)21-14-3-2-13-9-20-7-6-12(13)8-14;/h2-5,8,20H,6-7,9-10H2,1H3,(H,21,25);1H. The molecule has 9 heteroatoms. The Hall–Kier alpha value is -1.93. The quantitative estimate of drug-likeness (QED) is 0.671. The molecule has 1 aliphatic rings. The molecule has 4 rings (SSSR count). The summed E-state index contributed by atoms with van der Waals surface area (Å²) >= 11 is 7.46. The molecule has 142 valence electrons. The molecule has 0 saturated carbocycles. The number of anilines is 1. The van der Waals surface area contributed by atoms with Crippen LogP contribution in [0.5, 0.6) is 0 Å². The minimum absolute atomic E-state index is 0. The fourth-order valence-corrected chi connectivity index (χ4v) is 4.12. The van der Waals surface area contributed by atoms with Crippen LogP contribution >= 0.6 is 35.3 Å². The van der Waals surface area contributed by atoms with Gasteiger partial charge in [0.25, 0.3) is 5.91 Å². The predicted molar refractivity (Wildman–Crippen MR) is 110 cm³/mol. The van der Waals surface area contributed by atoms with Crippen LogP contribution in [0.1, 0.15) is 32.2 Å². The lowest BCUT2D eigenvalue weighted by Gasteiger charge is -2.18. The van der Waals surface area contributed by atoms with Crippen LogP contribution in [0, 0.1) is 6.92 Å². The van der Waals surface area contributed by atoms with Gasteiger partial charge in [0.1, 0.15) is 0 Å². The first-order valence-electron chi connectivity index (χ1n) is 8.38. The van der Waals surface area contributed by atoms with Gasteiger partial charge in [-0.05, 0) is 55.3 Å². The molecular weight excluding hydrogens is 405 g/mol. The normalized spacial score (nSPS) is 13.0. The zero-order valence-electron chi connectivity index (χ0n) is 14.7. The molecule has 6 nitrogen and oxygen atoms in total. The second-order valence-electron chi connectivity index (χ2n) is 6.25. The lowest BCUT2D eigenvalue weighted by molar-refractivity contribution is 0.102. The fourth-order valence-electron chi connectivity index (χ4n) is 3.05. The maximum absolute atomic E-state index is 12.6. The molecule has 1 amide bonds. The van der Waals surface area contributed by atoms with E-state index in [0.29, 0.717) is 12.2 Å². The van der Waals surface area contributed by atoms with E-state index in [1.165, 1.54) is 22.5 Å². The van der Waals surface area contributed by atoms with Gasteiger partial charge in [-0.15, -0.1) is 28.8 Å². The van der Waals surface area contributed by atoms with E-state index < -0.39 is 0 Å². The highest BCUT2D eigenvalue weighted by atomic mass is 35.5. The van der Waals surface area contributed by atoms with Crippen molar-refractivity contribution in [3.63, 3.8) is 0 Å². The van der Waals surface area contributed by atoms with Crippen LogP contribution in [-0.4, -0.2) is 27.4 Å². The van der Waals surface area contributed by atoms with Crippen LogP contribution < -0.4 is 10.6 Å². The molecule has 1 aromatic carbocycles. The molecule has 2 aromatic heterocycles. The van der Waals surface area contributed by atoms with Gasteiger partial charge in [0, 0.05) is 17.1 Å². The van der Waals surface area contributed by atoms with E-state index in [0.717, 1.165) is 40.1 Å². The van der Waals surface area contributed by atoms with Crippen molar-refractivity contribution in [1.82, 2.24) is 20.3 Å². The molecule has 3 aromatic rings. The van der Waals surface area contributed by atoms with Crippen molar-refractivity contribution in [1.29, 1.82) is 0 Å². The van der Waals surface area contributed by atoms with E-state index in [-0.39, 0.29) is 18.3 Å². The zero-order valence-corrected chi connectivity index (χ0v) is 17.0. The number of nitrogens with one attached hydrogen (secondary N) is 2. The molecule has 0 aliphatic carbocycles. The third kappa shape index (κ3) is 4.32. The number of amides is 1. The smallest absolute Gasteiger partial charge is 0.278 e. The monoisotopic (exact) mass is 423 g/mol. The predicted octanol–water partition coefficient (Wildman–Crippen LogP) is 3.67. The number of benzene rings is 1. The number of hydrogen-bond donors (Lipinski definition) is 2. The average Bonchev–Trinajstić information content (AvgIpc) is 3.21.